The van der Waals surface area contributed by atoms with Gasteiger partial charge in [-0.15, -0.1) is 0 Å². The molecule has 0 radical (unpaired) electrons. The van der Waals surface area contributed by atoms with E-state index in [0.717, 1.165) is 19.4 Å². The van der Waals surface area contributed by atoms with Crippen LogP contribution in [0.2, 0.25) is 0 Å². The lowest BCUT2D eigenvalue weighted by Gasteiger charge is -2.30. The summed E-state index contributed by atoms with van der Waals surface area (Å²) < 4.78 is 11.1. The highest BCUT2D eigenvalue weighted by atomic mass is 79.9. The first-order chi connectivity index (χ1) is 9.63. The third-order valence-electron chi connectivity index (χ3n) is 3.39. The number of amides is 1. The van der Waals surface area contributed by atoms with Crippen LogP contribution in [0.15, 0.2) is 25.7 Å². The molecule has 3 rings (SSSR count). The van der Waals surface area contributed by atoms with Crippen molar-refractivity contribution in [1.29, 1.82) is 0 Å². The van der Waals surface area contributed by atoms with Gasteiger partial charge >= 0.3 is 0 Å². The molecule has 3 heterocycles. The molecule has 0 N–H and O–H groups in total. The number of hydrogen-bond acceptors (Lipinski definition) is 5. The lowest BCUT2D eigenvalue weighted by Crippen LogP contribution is -2.39. The number of carbonyl (C=O) groups is 1. The smallest absolute Gasteiger partial charge is 0.289 e. The predicted octanol–water partition coefficient (Wildman–Crippen LogP) is 2.75. The molecule has 20 heavy (non-hydrogen) atoms. The maximum Gasteiger partial charge on any atom is 0.289 e. The van der Waals surface area contributed by atoms with E-state index in [4.69, 9.17) is 8.94 Å². The van der Waals surface area contributed by atoms with E-state index in [1.165, 1.54) is 0 Å². The Morgan fingerprint density at radius 2 is 2.35 bits per heavy atom. The summed E-state index contributed by atoms with van der Waals surface area (Å²) in [6.07, 6.45) is 1.87. The van der Waals surface area contributed by atoms with E-state index in [-0.39, 0.29) is 11.8 Å². The summed E-state index contributed by atoms with van der Waals surface area (Å²) in [6, 6.07) is 3.39. The SMILES string of the molecule is Cc1noc([C@@H]2CCCN(C(=O)c3ccc(Br)o3)C2)n1. The van der Waals surface area contributed by atoms with E-state index in [2.05, 4.69) is 26.1 Å². The van der Waals surface area contributed by atoms with Crippen molar-refractivity contribution in [3.63, 3.8) is 0 Å². The number of aromatic nitrogens is 2. The Kier molecular flexibility index (Phi) is 3.60. The van der Waals surface area contributed by atoms with E-state index in [0.29, 0.717) is 28.7 Å². The van der Waals surface area contributed by atoms with Crippen molar-refractivity contribution >= 4 is 21.8 Å². The minimum atomic E-state index is -0.100. The van der Waals surface area contributed by atoms with Gasteiger partial charge < -0.3 is 13.8 Å². The quantitative estimate of drug-likeness (QED) is 0.841. The molecule has 1 atom stereocenters. The molecule has 2 aromatic heterocycles. The lowest BCUT2D eigenvalue weighted by molar-refractivity contribution is 0.0662. The number of likely N-dealkylation sites (tertiary alicyclic amines) is 1. The van der Waals surface area contributed by atoms with Gasteiger partial charge in [0.25, 0.3) is 5.91 Å². The molecule has 0 unspecified atom stereocenters. The number of rotatable bonds is 2. The maximum atomic E-state index is 12.3. The third-order valence-corrected chi connectivity index (χ3v) is 3.81. The minimum Gasteiger partial charge on any atom is -0.444 e. The fourth-order valence-electron chi connectivity index (χ4n) is 2.43. The van der Waals surface area contributed by atoms with Crippen LogP contribution in [0.25, 0.3) is 0 Å². The van der Waals surface area contributed by atoms with Crippen LogP contribution in [0.1, 0.15) is 41.0 Å². The third kappa shape index (κ3) is 2.63. The summed E-state index contributed by atoms with van der Waals surface area (Å²) >= 11 is 3.21. The zero-order valence-electron chi connectivity index (χ0n) is 11.0. The molecule has 0 saturated carbocycles. The summed E-state index contributed by atoms with van der Waals surface area (Å²) in [5.74, 6) is 1.59. The number of carbonyl (C=O) groups excluding carboxylic acids is 1. The zero-order chi connectivity index (χ0) is 14.1. The van der Waals surface area contributed by atoms with E-state index >= 15 is 0 Å². The average Bonchev–Trinajstić information content (AvgIpc) is 3.07. The van der Waals surface area contributed by atoms with Gasteiger partial charge in [0.15, 0.2) is 16.3 Å². The van der Waals surface area contributed by atoms with Crippen molar-refractivity contribution in [3.05, 3.63) is 34.3 Å². The second-order valence-electron chi connectivity index (χ2n) is 4.87. The van der Waals surface area contributed by atoms with Crippen molar-refractivity contribution in [3.8, 4) is 0 Å². The number of piperidine rings is 1. The number of nitrogens with zero attached hydrogens (tertiary/aromatic N) is 3. The number of aryl methyl sites for hydroxylation is 1. The molecule has 0 bridgehead atoms. The number of furan rings is 1. The Labute approximate surface area is 124 Å². The van der Waals surface area contributed by atoms with Gasteiger partial charge in [0.1, 0.15) is 0 Å². The normalized spacial score (nSPS) is 19.3. The van der Waals surface area contributed by atoms with Gasteiger partial charge in [-0.3, -0.25) is 4.79 Å². The summed E-state index contributed by atoms with van der Waals surface area (Å²) in [7, 11) is 0. The van der Waals surface area contributed by atoms with E-state index in [1.807, 2.05) is 0 Å². The monoisotopic (exact) mass is 339 g/mol. The highest BCUT2D eigenvalue weighted by Gasteiger charge is 2.29. The topological polar surface area (TPSA) is 72.4 Å². The van der Waals surface area contributed by atoms with E-state index < -0.39 is 0 Å². The number of halogens is 1. The summed E-state index contributed by atoms with van der Waals surface area (Å²) in [4.78, 5) is 18.4. The average molecular weight is 340 g/mol. The first-order valence-electron chi connectivity index (χ1n) is 6.48. The Hall–Kier alpha value is -1.63. The number of hydrogen-bond donors (Lipinski definition) is 0. The molecule has 6 nitrogen and oxygen atoms in total. The van der Waals surface area contributed by atoms with Gasteiger partial charge in [0.2, 0.25) is 5.89 Å². The molecule has 1 saturated heterocycles. The minimum absolute atomic E-state index is 0.100. The van der Waals surface area contributed by atoms with E-state index in [9.17, 15) is 4.79 Å². The Balaban J connectivity index is 1.73. The summed E-state index contributed by atoms with van der Waals surface area (Å²) in [5.41, 5.74) is 0. The van der Waals surface area contributed by atoms with Crippen LogP contribution in [0, 0.1) is 6.92 Å². The summed E-state index contributed by atoms with van der Waals surface area (Å²) in [6.45, 7) is 3.10. The van der Waals surface area contributed by atoms with Crippen molar-refractivity contribution in [2.75, 3.05) is 13.1 Å². The fourth-order valence-corrected chi connectivity index (χ4v) is 2.73. The van der Waals surface area contributed by atoms with Crippen LogP contribution in [-0.4, -0.2) is 34.0 Å². The van der Waals surface area contributed by atoms with Gasteiger partial charge in [-0.25, -0.2) is 0 Å². The molecule has 1 fully saturated rings. The molecule has 1 amide bonds. The van der Waals surface area contributed by atoms with E-state index in [1.54, 1.807) is 24.0 Å². The highest BCUT2D eigenvalue weighted by molar-refractivity contribution is 9.10. The van der Waals surface area contributed by atoms with Crippen LogP contribution in [0.4, 0.5) is 0 Å². The summed E-state index contributed by atoms with van der Waals surface area (Å²) in [5, 5.41) is 3.81. The van der Waals surface area contributed by atoms with Crippen molar-refractivity contribution < 1.29 is 13.7 Å². The standard InChI is InChI=1S/C13H14BrN3O3/c1-8-15-12(20-16-8)9-3-2-6-17(7-9)13(18)10-4-5-11(14)19-10/h4-5,9H,2-3,6-7H2,1H3/t9-/m1/s1. The van der Waals surface area contributed by atoms with Crippen molar-refractivity contribution in [2.24, 2.45) is 0 Å². The van der Waals surface area contributed by atoms with Crippen molar-refractivity contribution in [2.45, 2.75) is 25.7 Å². The largest absolute Gasteiger partial charge is 0.444 e. The molecule has 0 aromatic carbocycles. The molecular weight excluding hydrogens is 326 g/mol. The first-order valence-corrected chi connectivity index (χ1v) is 7.27. The fraction of sp³-hybridized carbons (Fsp3) is 0.462. The van der Waals surface area contributed by atoms with Crippen molar-refractivity contribution in [1.82, 2.24) is 15.0 Å². The van der Waals surface area contributed by atoms with Gasteiger partial charge in [-0.1, -0.05) is 5.16 Å². The highest BCUT2D eigenvalue weighted by Crippen LogP contribution is 2.27. The van der Waals surface area contributed by atoms with Crippen LogP contribution in [0.5, 0.6) is 0 Å². The molecule has 0 aliphatic carbocycles. The second kappa shape index (κ2) is 5.40. The molecule has 1 aliphatic heterocycles. The predicted molar refractivity (Wildman–Crippen MR) is 73.3 cm³/mol. The molecule has 0 spiro atoms. The molecular formula is C13H14BrN3O3. The Bertz CT molecular complexity index is 622. The Morgan fingerprint density at radius 1 is 1.50 bits per heavy atom. The van der Waals surface area contributed by atoms with Crippen LogP contribution in [-0.2, 0) is 0 Å². The van der Waals surface area contributed by atoms with Gasteiger partial charge in [-0.2, -0.15) is 4.98 Å². The zero-order valence-corrected chi connectivity index (χ0v) is 12.6. The lowest BCUT2D eigenvalue weighted by atomic mass is 9.98. The molecule has 2 aromatic rings. The molecule has 7 heteroatoms. The first kappa shape index (κ1) is 13.4. The van der Waals surface area contributed by atoms with Gasteiger partial charge in [0, 0.05) is 13.1 Å². The Morgan fingerprint density at radius 3 is 3.00 bits per heavy atom. The van der Waals surface area contributed by atoms with Crippen LogP contribution < -0.4 is 0 Å². The maximum absolute atomic E-state index is 12.3. The molecule has 1 aliphatic rings. The van der Waals surface area contributed by atoms with Gasteiger partial charge in [0.05, 0.1) is 5.92 Å². The molecule has 106 valence electrons. The van der Waals surface area contributed by atoms with Gasteiger partial charge in [-0.05, 0) is 47.8 Å². The van der Waals surface area contributed by atoms with Crippen LogP contribution >= 0.6 is 15.9 Å². The van der Waals surface area contributed by atoms with Crippen LogP contribution in [0.3, 0.4) is 0 Å². The second-order valence-corrected chi connectivity index (χ2v) is 5.66.